The van der Waals surface area contributed by atoms with Crippen molar-refractivity contribution in [3.8, 4) is 40.3 Å². The van der Waals surface area contributed by atoms with E-state index in [0.29, 0.717) is 46.7 Å². The molecule has 2 aromatic heterocycles. The Hall–Kier alpha value is -4.61. The number of halogens is 1. The van der Waals surface area contributed by atoms with Gasteiger partial charge in [0.25, 0.3) is 0 Å². The summed E-state index contributed by atoms with van der Waals surface area (Å²) in [7, 11) is 0. The number of nitrogen functional groups attached to an aromatic ring is 1. The molecule has 0 unspecified atom stereocenters. The van der Waals surface area contributed by atoms with Gasteiger partial charge in [-0.15, -0.1) is 0 Å². The van der Waals surface area contributed by atoms with Gasteiger partial charge in [0.05, 0.1) is 13.2 Å². The summed E-state index contributed by atoms with van der Waals surface area (Å²) >= 11 is 5.95. The molecule has 10 nitrogen and oxygen atoms in total. The fraction of sp³-hybridized carbons (Fsp3) is 0.241. The Kier molecular flexibility index (Phi) is 7.58. The molecule has 11 heteroatoms. The molecule has 3 heterocycles. The van der Waals surface area contributed by atoms with E-state index in [-0.39, 0.29) is 35.7 Å². The molecular formula is C29H24ClN5O5. The normalized spacial score (nSPS) is 15.8. The number of rotatable bonds is 8. The number of pyridine rings is 1. The van der Waals surface area contributed by atoms with Crippen LogP contribution in [0.25, 0.3) is 27.4 Å². The van der Waals surface area contributed by atoms with Crippen LogP contribution in [0.4, 0.5) is 11.5 Å². The highest BCUT2D eigenvalue weighted by Gasteiger charge is 2.33. The van der Waals surface area contributed by atoms with Crippen LogP contribution in [0.1, 0.15) is 25.1 Å². The summed E-state index contributed by atoms with van der Waals surface area (Å²) in [5.74, 6) is 0.295. The number of hydrogen-bond donors (Lipinski definition) is 1. The highest BCUT2D eigenvalue weighted by molar-refractivity contribution is 6.30. The number of nitriles is 1. The van der Waals surface area contributed by atoms with Crippen molar-refractivity contribution in [2.45, 2.75) is 32.3 Å². The van der Waals surface area contributed by atoms with Crippen LogP contribution in [0.2, 0.25) is 5.02 Å². The lowest BCUT2D eigenvalue weighted by molar-refractivity contribution is -0.141. The Morgan fingerprint density at radius 1 is 1.12 bits per heavy atom. The largest absolute Gasteiger partial charge is 0.491 e. The summed E-state index contributed by atoms with van der Waals surface area (Å²) in [4.78, 5) is 12.2. The molecule has 0 saturated carbocycles. The molecular weight excluding hydrogens is 534 g/mol. The molecule has 1 saturated heterocycles. The van der Waals surface area contributed by atoms with Gasteiger partial charge in [-0.25, -0.2) is 14.8 Å². The summed E-state index contributed by atoms with van der Waals surface area (Å²) < 4.78 is 28.6. The van der Waals surface area contributed by atoms with E-state index in [0.717, 1.165) is 5.56 Å². The average molecular weight is 558 g/mol. The highest BCUT2D eigenvalue weighted by Crippen LogP contribution is 2.41. The van der Waals surface area contributed by atoms with E-state index in [1.165, 1.54) is 6.26 Å². The summed E-state index contributed by atoms with van der Waals surface area (Å²) in [5, 5.41) is 10.6. The van der Waals surface area contributed by atoms with Crippen LogP contribution in [0, 0.1) is 17.9 Å². The van der Waals surface area contributed by atoms with Gasteiger partial charge in [-0.1, -0.05) is 23.7 Å². The molecule has 1 atom stereocenters. The van der Waals surface area contributed by atoms with Crippen LogP contribution in [0.3, 0.4) is 0 Å². The maximum atomic E-state index is 10.0. The Balaban J connectivity index is 1.35. The molecule has 2 aromatic carbocycles. The minimum atomic E-state index is -0.630. The number of hydrogen-bond acceptors (Lipinski definition) is 9. The fourth-order valence-corrected chi connectivity index (χ4v) is 4.29. The third-order valence-electron chi connectivity index (χ3n) is 6.03. The second-order valence-electron chi connectivity index (χ2n) is 9.35. The Morgan fingerprint density at radius 3 is 2.50 bits per heavy atom. The van der Waals surface area contributed by atoms with Crippen molar-refractivity contribution in [3.05, 3.63) is 82.5 Å². The zero-order valence-electron chi connectivity index (χ0n) is 21.7. The van der Waals surface area contributed by atoms with Crippen LogP contribution < -0.4 is 15.2 Å². The smallest absolute Gasteiger partial charge is 0.237 e. The zero-order valence-corrected chi connectivity index (χ0v) is 22.4. The van der Waals surface area contributed by atoms with Crippen molar-refractivity contribution in [1.29, 1.82) is 5.26 Å². The van der Waals surface area contributed by atoms with E-state index < -0.39 is 5.79 Å². The molecule has 202 valence electrons. The third kappa shape index (κ3) is 5.85. The fourth-order valence-electron chi connectivity index (χ4n) is 4.17. The summed E-state index contributed by atoms with van der Waals surface area (Å²) in [5.41, 5.74) is 8.39. The number of benzene rings is 2. The predicted molar refractivity (Wildman–Crippen MR) is 147 cm³/mol. The van der Waals surface area contributed by atoms with Crippen molar-refractivity contribution < 1.29 is 23.4 Å². The number of ether oxygens (including phenoxy) is 4. The number of aromatic nitrogens is 2. The highest BCUT2D eigenvalue weighted by atomic mass is 35.5. The van der Waals surface area contributed by atoms with Gasteiger partial charge >= 0.3 is 0 Å². The van der Waals surface area contributed by atoms with E-state index in [9.17, 15) is 5.26 Å². The van der Waals surface area contributed by atoms with Gasteiger partial charge in [-0.2, -0.15) is 5.26 Å². The minimum Gasteiger partial charge on any atom is -0.491 e. The molecule has 1 fully saturated rings. The molecule has 4 aromatic rings. The monoisotopic (exact) mass is 557 g/mol. The quantitative estimate of drug-likeness (QED) is 0.253. The molecule has 0 amide bonds. The van der Waals surface area contributed by atoms with Crippen LogP contribution in [-0.4, -0.2) is 35.1 Å². The molecule has 0 spiro atoms. The van der Waals surface area contributed by atoms with Gasteiger partial charge in [0.1, 0.15) is 54.5 Å². The number of oxazole rings is 1. The van der Waals surface area contributed by atoms with E-state index in [4.69, 9.17) is 47.3 Å². The van der Waals surface area contributed by atoms with Crippen LogP contribution in [0.5, 0.6) is 11.6 Å². The molecule has 40 heavy (non-hydrogen) atoms. The van der Waals surface area contributed by atoms with Gasteiger partial charge in [-0.05, 0) is 55.8 Å². The lowest BCUT2D eigenvalue weighted by Crippen LogP contribution is -2.25. The maximum absolute atomic E-state index is 10.0. The standard InChI is InChI=1S/C29H24ClN5O5/c1-29(2)39-16-22(40-29)15-36-21-10-6-17(7-11-21)24-23(12-31)28(35-26(32)25(24)33-3)38-14-20-13-37-27(34-20)18-4-8-19(30)9-5-18/h4-11,13,22H,14-16H2,1-2H3,(H2,32,35)/t22-/m0/s1. The predicted octanol–water partition coefficient (Wildman–Crippen LogP) is 6.17. The lowest BCUT2D eigenvalue weighted by Gasteiger charge is -2.17. The summed E-state index contributed by atoms with van der Waals surface area (Å²) in [6.07, 6.45) is 1.27. The lowest BCUT2D eigenvalue weighted by atomic mass is 9.99. The molecule has 1 aliphatic rings. The topological polar surface area (TPSA) is 130 Å². The average Bonchev–Trinajstić information content (AvgIpc) is 3.56. The maximum Gasteiger partial charge on any atom is 0.237 e. The van der Waals surface area contributed by atoms with E-state index >= 15 is 0 Å². The second kappa shape index (κ2) is 11.2. The van der Waals surface area contributed by atoms with Gasteiger partial charge in [0.15, 0.2) is 5.79 Å². The van der Waals surface area contributed by atoms with Crippen molar-refractivity contribution in [1.82, 2.24) is 9.97 Å². The molecule has 5 rings (SSSR count). The first kappa shape index (κ1) is 27.0. The molecule has 2 N–H and O–H groups in total. The molecule has 1 aliphatic heterocycles. The molecule has 0 aliphatic carbocycles. The Morgan fingerprint density at radius 2 is 1.85 bits per heavy atom. The SMILES string of the molecule is [C-]#[N+]c1c(N)nc(OCc2coc(-c3ccc(Cl)cc3)n2)c(C#N)c1-c1ccc(OC[C@H]2COC(C)(C)O2)cc1. The number of anilines is 1. The first-order valence-corrected chi connectivity index (χ1v) is 12.6. The zero-order chi connectivity index (χ0) is 28.3. The van der Waals surface area contributed by atoms with Gasteiger partial charge in [0, 0.05) is 16.1 Å². The molecule has 0 bridgehead atoms. The van der Waals surface area contributed by atoms with Crippen molar-refractivity contribution in [3.63, 3.8) is 0 Å². The first-order valence-electron chi connectivity index (χ1n) is 12.3. The van der Waals surface area contributed by atoms with Crippen LogP contribution >= 0.6 is 11.6 Å². The summed E-state index contributed by atoms with van der Waals surface area (Å²) in [6, 6.07) is 16.2. The third-order valence-corrected chi connectivity index (χ3v) is 6.29. The number of nitrogens with two attached hydrogens (primary N) is 1. The summed E-state index contributed by atoms with van der Waals surface area (Å²) in [6.45, 7) is 12.1. The van der Waals surface area contributed by atoms with E-state index in [2.05, 4.69) is 20.9 Å². The van der Waals surface area contributed by atoms with Crippen molar-refractivity contribution in [2.75, 3.05) is 18.9 Å². The van der Waals surface area contributed by atoms with Gasteiger partial charge in [-0.3, -0.25) is 0 Å². The van der Waals surface area contributed by atoms with Crippen LogP contribution in [0.15, 0.2) is 59.2 Å². The Labute approximate surface area is 235 Å². The van der Waals surface area contributed by atoms with E-state index in [1.54, 1.807) is 48.5 Å². The van der Waals surface area contributed by atoms with Gasteiger partial charge in [0.2, 0.25) is 17.5 Å². The first-order chi connectivity index (χ1) is 19.3. The van der Waals surface area contributed by atoms with Crippen molar-refractivity contribution >= 4 is 23.1 Å². The van der Waals surface area contributed by atoms with Crippen LogP contribution in [-0.2, 0) is 16.1 Å². The number of nitrogens with zero attached hydrogens (tertiary/aromatic N) is 4. The van der Waals surface area contributed by atoms with E-state index in [1.807, 2.05) is 13.8 Å². The van der Waals surface area contributed by atoms with Gasteiger partial charge < -0.3 is 29.1 Å². The molecule has 0 radical (unpaired) electrons. The minimum absolute atomic E-state index is 0.0141. The Bertz CT molecular complexity index is 1600. The second-order valence-corrected chi connectivity index (χ2v) is 9.79. The van der Waals surface area contributed by atoms with Crippen molar-refractivity contribution in [2.24, 2.45) is 0 Å².